The molecule has 0 saturated carbocycles. The minimum absolute atomic E-state index is 0.207. The Kier molecular flexibility index (Phi) is 3.09. The number of likely N-dealkylation sites (tertiary alicyclic amines) is 2. The molecular formula is C14H22N4O. The molecule has 104 valence electrons. The highest BCUT2D eigenvalue weighted by molar-refractivity contribution is 5.81. The van der Waals surface area contributed by atoms with Crippen LogP contribution in [0.15, 0.2) is 0 Å². The number of carbonyl (C=O) groups excluding carboxylic acids is 1. The van der Waals surface area contributed by atoms with Gasteiger partial charge in [-0.05, 0) is 33.2 Å². The van der Waals surface area contributed by atoms with E-state index in [4.69, 9.17) is 0 Å². The molecule has 2 atom stereocenters. The van der Waals surface area contributed by atoms with E-state index in [0.29, 0.717) is 11.9 Å². The Morgan fingerprint density at radius 3 is 2.89 bits per heavy atom. The van der Waals surface area contributed by atoms with E-state index in [-0.39, 0.29) is 5.92 Å². The van der Waals surface area contributed by atoms with Gasteiger partial charge in [0.15, 0.2) is 0 Å². The van der Waals surface area contributed by atoms with E-state index in [9.17, 15) is 4.79 Å². The third kappa shape index (κ3) is 2.16. The Labute approximate surface area is 114 Å². The maximum absolute atomic E-state index is 12.1. The first-order chi connectivity index (χ1) is 9.06. The molecule has 2 fully saturated rings. The van der Waals surface area contributed by atoms with Crippen molar-refractivity contribution in [3.05, 3.63) is 17.2 Å². The number of imidazole rings is 1. The topological polar surface area (TPSA) is 52.2 Å². The van der Waals surface area contributed by atoms with Gasteiger partial charge in [-0.1, -0.05) is 0 Å². The van der Waals surface area contributed by atoms with Crippen molar-refractivity contribution in [2.45, 2.75) is 39.3 Å². The molecule has 2 aliphatic rings. The maximum Gasteiger partial charge on any atom is 0.227 e. The minimum atomic E-state index is 0.207. The summed E-state index contributed by atoms with van der Waals surface area (Å²) in [6, 6.07) is 0.377. The number of fused-ring (bicyclic) bond motifs is 1. The van der Waals surface area contributed by atoms with E-state index in [2.05, 4.69) is 21.8 Å². The molecule has 2 saturated heterocycles. The number of piperidine rings is 1. The van der Waals surface area contributed by atoms with Crippen LogP contribution < -0.4 is 0 Å². The van der Waals surface area contributed by atoms with Gasteiger partial charge in [-0.15, -0.1) is 0 Å². The normalized spacial score (nSPS) is 27.9. The van der Waals surface area contributed by atoms with Crippen molar-refractivity contribution in [2.24, 2.45) is 5.92 Å². The molecule has 0 unspecified atom stereocenters. The monoisotopic (exact) mass is 262 g/mol. The number of H-pyrrole nitrogens is 1. The van der Waals surface area contributed by atoms with E-state index in [0.717, 1.165) is 49.7 Å². The van der Waals surface area contributed by atoms with Crippen molar-refractivity contribution in [1.82, 2.24) is 19.8 Å². The van der Waals surface area contributed by atoms with E-state index in [1.54, 1.807) is 0 Å². The summed E-state index contributed by atoms with van der Waals surface area (Å²) in [4.78, 5) is 24.2. The zero-order valence-corrected chi connectivity index (χ0v) is 11.9. The third-order valence-corrected chi connectivity index (χ3v) is 4.51. The fraction of sp³-hybridized carbons (Fsp3) is 0.714. The highest BCUT2D eigenvalue weighted by Crippen LogP contribution is 2.31. The van der Waals surface area contributed by atoms with Crippen LogP contribution in [0.4, 0.5) is 0 Å². The lowest BCUT2D eigenvalue weighted by Gasteiger charge is -2.35. The van der Waals surface area contributed by atoms with Crippen LogP contribution in [0, 0.1) is 19.8 Å². The number of carbonyl (C=O) groups is 1. The second-order valence-corrected chi connectivity index (χ2v) is 5.90. The second kappa shape index (κ2) is 4.63. The number of hydrogen-bond donors (Lipinski definition) is 1. The largest absolute Gasteiger partial charge is 0.346 e. The Bertz CT molecular complexity index is 496. The van der Waals surface area contributed by atoms with Gasteiger partial charge < -0.3 is 9.88 Å². The molecule has 0 bridgehead atoms. The zero-order chi connectivity index (χ0) is 13.6. The fourth-order valence-electron chi connectivity index (χ4n) is 3.51. The molecule has 1 N–H and O–H groups in total. The molecule has 3 rings (SSSR count). The van der Waals surface area contributed by atoms with Crippen LogP contribution >= 0.6 is 0 Å². The second-order valence-electron chi connectivity index (χ2n) is 5.90. The molecule has 1 aromatic heterocycles. The summed E-state index contributed by atoms with van der Waals surface area (Å²) in [5.41, 5.74) is 2.28. The molecule has 19 heavy (non-hydrogen) atoms. The molecule has 5 heteroatoms. The number of aromatic amines is 1. The molecular weight excluding hydrogens is 240 g/mol. The van der Waals surface area contributed by atoms with Gasteiger partial charge in [0.1, 0.15) is 5.82 Å². The standard InChI is InChI=1S/C14H22N4O/c1-9-12(16-10(2)15-9)7-18-6-4-5-11-13(18)8-17(3)14(11)19/h11,13H,4-8H2,1-3H3,(H,15,16)/t11-,13-/m1/s1. The summed E-state index contributed by atoms with van der Waals surface area (Å²) >= 11 is 0. The smallest absolute Gasteiger partial charge is 0.227 e. The van der Waals surface area contributed by atoms with Gasteiger partial charge in [0.2, 0.25) is 5.91 Å². The van der Waals surface area contributed by atoms with Gasteiger partial charge in [-0.25, -0.2) is 4.98 Å². The lowest BCUT2D eigenvalue weighted by Crippen LogP contribution is -2.45. The summed E-state index contributed by atoms with van der Waals surface area (Å²) in [6.07, 6.45) is 2.16. The zero-order valence-electron chi connectivity index (χ0n) is 11.9. The van der Waals surface area contributed by atoms with Gasteiger partial charge in [0.05, 0.1) is 11.6 Å². The van der Waals surface area contributed by atoms with E-state index < -0.39 is 0 Å². The number of nitrogens with one attached hydrogen (secondary N) is 1. The lowest BCUT2D eigenvalue weighted by atomic mass is 9.91. The van der Waals surface area contributed by atoms with Crippen LogP contribution in [-0.2, 0) is 11.3 Å². The molecule has 0 aliphatic carbocycles. The SMILES string of the molecule is Cc1nc(CN2CCC[C@H]3C(=O)N(C)C[C@H]32)c(C)[nH]1. The van der Waals surface area contributed by atoms with Gasteiger partial charge in [0.25, 0.3) is 0 Å². The molecule has 1 aromatic rings. The number of amides is 1. The van der Waals surface area contributed by atoms with Crippen molar-refractivity contribution in [3.8, 4) is 0 Å². The summed E-state index contributed by atoms with van der Waals surface area (Å²) in [5, 5.41) is 0. The number of rotatable bonds is 2. The molecule has 0 aromatic carbocycles. The van der Waals surface area contributed by atoms with E-state index in [1.165, 1.54) is 0 Å². The minimum Gasteiger partial charge on any atom is -0.346 e. The van der Waals surface area contributed by atoms with Crippen LogP contribution in [0.1, 0.15) is 30.1 Å². The number of nitrogens with zero attached hydrogens (tertiary/aromatic N) is 3. The van der Waals surface area contributed by atoms with Crippen molar-refractivity contribution < 1.29 is 4.79 Å². The Balaban J connectivity index is 1.78. The summed E-state index contributed by atoms with van der Waals surface area (Å²) in [6.45, 7) is 6.86. The first-order valence-corrected chi connectivity index (χ1v) is 7.07. The summed E-state index contributed by atoms with van der Waals surface area (Å²) in [7, 11) is 1.92. The Morgan fingerprint density at radius 1 is 1.42 bits per heavy atom. The number of aryl methyl sites for hydroxylation is 2. The molecule has 3 heterocycles. The average molecular weight is 262 g/mol. The van der Waals surface area contributed by atoms with E-state index in [1.807, 2.05) is 18.9 Å². The molecule has 0 radical (unpaired) electrons. The quantitative estimate of drug-likeness (QED) is 0.867. The highest BCUT2D eigenvalue weighted by atomic mass is 16.2. The predicted octanol–water partition coefficient (Wildman–Crippen LogP) is 1.08. The number of aromatic nitrogens is 2. The van der Waals surface area contributed by atoms with Crippen LogP contribution in [0.3, 0.4) is 0 Å². The third-order valence-electron chi connectivity index (χ3n) is 4.51. The summed E-state index contributed by atoms with van der Waals surface area (Å²) in [5.74, 6) is 1.50. The Morgan fingerprint density at radius 2 is 2.21 bits per heavy atom. The van der Waals surface area contributed by atoms with Crippen molar-refractivity contribution >= 4 is 5.91 Å². The molecule has 1 amide bonds. The van der Waals surface area contributed by atoms with Gasteiger partial charge in [0, 0.05) is 31.9 Å². The van der Waals surface area contributed by atoms with Gasteiger partial charge in [-0.2, -0.15) is 0 Å². The van der Waals surface area contributed by atoms with E-state index >= 15 is 0 Å². The lowest BCUT2D eigenvalue weighted by molar-refractivity contribution is -0.130. The molecule has 2 aliphatic heterocycles. The number of likely N-dealkylation sites (N-methyl/N-ethyl adjacent to an activating group) is 1. The van der Waals surface area contributed by atoms with Gasteiger partial charge in [-0.3, -0.25) is 9.69 Å². The van der Waals surface area contributed by atoms with Crippen LogP contribution in [0.5, 0.6) is 0 Å². The van der Waals surface area contributed by atoms with Crippen LogP contribution in [-0.4, -0.2) is 51.9 Å². The Hall–Kier alpha value is -1.36. The van der Waals surface area contributed by atoms with Crippen LogP contribution in [0.2, 0.25) is 0 Å². The van der Waals surface area contributed by atoms with Crippen molar-refractivity contribution in [1.29, 1.82) is 0 Å². The first-order valence-electron chi connectivity index (χ1n) is 7.07. The van der Waals surface area contributed by atoms with Crippen molar-refractivity contribution in [2.75, 3.05) is 20.1 Å². The van der Waals surface area contributed by atoms with Gasteiger partial charge >= 0.3 is 0 Å². The summed E-state index contributed by atoms with van der Waals surface area (Å²) < 4.78 is 0. The molecule has 5 nitrogen and oxygen atoms in total. The predicted molar refractivity (Wildman–Crippen MR) is 72.6 cm³/mol. The fourth-order valence-corrected chi connectivity index (χ4v) is 3.51. The average Bonchev–Trinajstić information content (AvgIpc) is 2.83. The maximum atomic E-state index is 12.1. The highest BCUT2D eigenvalue weighted by Gasteiger charge is 2.43. The van der Waals surface area contributed by atoms with Crippen molar-refractivity contribution in [3.63, 3.8) is 0 Å². The first kappa shape index (κ1) is 12.7. The van der Waals surface area contributed by atoms with Crippen LogP contribution in [0.25, 0.3) is 0 Å². The number of hydrogen-bond acceptors (Lipinski definition) is 3. The molecule has 0 spiro atoms.